The molecule has 1 heterocycles. The first-order valence-electron chi connectivity index (χ1n) is 5.78. The normalized spacial score (nSPS) is 20.9. The summed E-state index contributed by atoms with van der Waals surface area (Å²) in [5.74, 6) is -0.295. The Kier molecular flexibility index (Phi) is 4.68. The van der Waals surface area contributed by atoms with E-state index in [0.29, 0.717) is 31.8 Å². The predicted molar refractivity (Wildman–Crippen MR) is 64.3 cm³/mol. The summed E-state index contributed by atoms with van der Waals surface area (Å²) in [5.41, 5.74) is 0. The van der Waals surface area contributed by atoms with Crippen molar-refractivity contribution in [1.29, 1.82) is 0 Å². The molecule has 1 aliphatic rings. The molecule has 0 bridgehead atoms. The first-order valence-corrected chi connectivity index (χ1v) is 7.60. The zero-order valence-electron chi connectivity index (χ0n) is 10.3. The maximum absolute atomic E-state index is 11.4. The number of sulfone groups is 1. The van der Waals surface area contributed by atoms with Crippen LogP contribution in [0.25, 0.3) is 0 Å². The molecule has 0 N–H and O–H groups in total. The zero-order valence-corrected chi connectivity index (χ0v) is 11.1. The summed E-state index contributed by atoms with van der Waals surface area (Å²) in [4.78, 5) is 23.9. The summed E-state index contributed by atoms with van der Waals surface area (Å²) >= 11 is 0. The van der Waals surface area contributed by atoms with Crippen molar-refractivity contribution in [2.75, 3.05) is 24.6 Å². The van der Waals surface area contributed by atoms with Gasteiger partial charge in [-0.05, 0) is 19.3 Å². The van der Waals surface area contributed by atoms with Crippen molar-refractivity contribution in [3.8, 4) is 0 Å². The molecule has 17 heavy (non-hydrogen) atoms. The lowest BCUT2D eigenvalue weighted by Gasteiger charge is -2.15. The molecule has 0 saturated carbocycles. The zero-order chi connectivity index (χ0) is 13.1. The Hall–Kier alpha value is -0.910. The van der Waals surface area contributed by atoms with E-state index in [1.54, 1.807) is 4.90 Å². The fraction of sp³-hybridized carbons (Fsp3) is 0.818. The molecule has 1 aliphatic heterocycles. The van der Waals surface area contributed by atoms with Gasteiger partial charge >= 0.3 is 0 Å². The van der Waals surface area contributed by atoms with Gasteiger partial charge in [0.05, 0.1) is 5.75 Å². The molecule has 0 aromatic carbocycles. The topological polar surface area (TPSA) is 71.5 Å². The molecule has 1 amide bonds. The van der Waals surface area contributed by atoms with E-state index in [2.05, 4.69) is 0 Å². The summed E-state index contributed by atoms with van der Waals surface area (Å²) in [5, 5.41) is 0. The van der Waals surface area contributed by atoms with Gasteiger partial charge in [-0.3, -0.25) is 9.59 Å². The summed E-state index contributed by atoms with van der Waals surface area (Å²) in [6, 6.07) is 0. The summed E-state index contributed by atoms with van der Waals surface area (Å²) in [6.07, 6.45) is 0.967. The fourth-order valence-corrected chi connectivity index (χ4v) is 3.38. The molecule has 1 unspecified atom stereocenters. The van der Waals surface area contributed by atoms with Gasteiger partial charge in [-0.2, -0.15) is 0 Å². The van der Waals surface area contributed by atoms with Crippen molar-refractivity contribution in [2.24, 2.45) is 5.92 Å². The third-order valence-electron chi connectivity index (χ3n) is 2.71. The van der Waals surface area contributed by atoms with Gasteiger partial charge in [0.1, 0.15) is 11.5 Å². The van der Waals surface area contributed by atoms with Gasteiger partial charge < -0.3 is 4.90 Å². The van der Waals surface area contributed by atoms with Gasteiger partial charge in [0.2, 0.25) is 5.91 Å². The van der Waals surface area contributed by atoms with Gasteiger partial charge in [-0.1, -0.05) is 6.92 Å². The molecular formula is C11H19NO4S. The number of Topliss-reactive ketones (excluding diaryl/α,β-unsaturated/α-hetero) is 1. The molecule has 1 fully saturated rings. The molecule has 1 saturated heterocycles. The highest BCUT2D eigenvalue weighted by atomic mass is 32.2. The van der Waals surface area contributed by atoms with Gasteiger partial charge in [-0.15, -0.1) is 0 Å². The smallest absolute Gasteiger partial charge is 0.222 e. The number of carbonyl (C=O) groups excluding carboxylic acids is 2. The van der Waals surface area contributed by atoms with Crippen LogP contribution >= 0.6 is 0 Å². The van der Waals surface area contributed by atoms with Crippen molar-refractivity contribution in [1.82, 2.24) is 4.90 Å². The maximum Gasteiger partial charge on any atom is 0.222 e. The minimum absolute atomic E-state index is 0.0231. The quantitative estimate of drug-likeness (QED) is 0.687. The van der Waals surface area contributed by atoms with Gasteiger partial charge in [-0.25, -0.2) is 8.42 Å². The van der Waals surface area contributed by atoms with Crippen LogP contribution in [0.3, 0.4) is 0 Å². The largest absolute Gasteiger partial charge is 0.342 e. The number of carbonyl (C=O) groups is 2. The van der Waals surface area contributed by atoms with Crippen molar-refractivity contribution >= 4 is 21.5 Å². The van der Waals surface area contributed by atoms with Crippen LogP contribution in [0.5, 0.6) is 0 Å². The average molecular weight is 261 g/mol. The van der Waals surface area contributed by atoms with E-state index in [-0.39, 0.29) is 17.4 Å². The SMILES string of the molecule is CC(=O)CS(=O)(=O)CCCN1CC(C)CC1=O. The standard InChI is InChI=1S/C11H19NO4S/c1-9-6-11(14)12(7-9)4-3-5-17(15,16)8-10(2)13/h9H,3-8H2,1-2H3. The van der Waals surface area contributed by atoms with Crippen LogP contribution in [0, 0.1) is 5.92 Å². The van der Waals surface area contributed by atoms with E-state index in [4.69, 9.17) is 0 Å². The molecule has 0 spiro atoms. The van der Waals surface area contributed by atoms with Gasteiger partial charge in [0.15, 0.2) is 9.84 Å². The number of ketones is 1. The minimum atomic E-state index is -3.29. The van der Waals surface area contributed by atoms with E-state index in [1.807, 2.05) is 6.92 Å². The number of rotatable bonds is 6. The molecule has 0 aromatic heterocycles. The van der Waals surface area contributed by atoms with Crippen molar-refractivity contribution in [2.45, 2.75) is 26.7 Å². The Morgan fingerprint density at radius 3 is 2.59 bits per heavy atom. The van der Waals surface area contributed by atoms with Crippen LogP contribution in [-0.2, 0) is 19.4 Å². The summed E-state index contributed by atoms with van der Waals surface area (Å²) in [6.45, 7) is 4.46. The highest BCUT2D eigenvalue weighted by molar-refractivity contribution is 7.92. The summed E-state index contributed by atoms with van der Waals surface area (Å²) < 4.78 is 22.9. The third kappa shape index (κ3) is 4.85. The summed E-state index contributed by atoms with van der Waals surface area (Å²) in [7, 11) is -3.29. The number of nitrogens with zero attached hydrogens (tertiary/aromatic N) is 1. The van der Waals surface area contributed by atoms with Crippen molar-refractivity contribution in [3.63, 3.8) is 0 Å². The van der Waals surface area contributed by atoms with E-state index < -0.39 is 15.6 Å². The highest BCUT2D eigenvalue weighted by Gasteiger charge is 2.26. The Morgan fingerprint density at radius 1 is 1.47 bits per heavy atom. The molecule has 6 heteroatoms. The number of likely N-dealkylation sites (tertiary alicyclic amines) is 1. The molecule has 0 aromatic rings. The van der Waals surface area contributed by atoms with E-state index in [1.165, 1.54) is 6.92 Å². The van der Waals surface area contributed by atoms with Crippen LogP contribution in [0.4, 0.5) is 0 Å². The molecule has 98 valence electrons. The molecule has 0 radical (unpaired) electrons. The lowest BCUT2D eigenvalue weighted by atomic mass is 10.2. The minimum Gasteiger partial charge on any atom is -0.342 e. The number of hydrogen-bond donors (Lipinski definition) is 0. The van der Waals surface area contributed by atoms with Crippen LogP contribution in [0.15, 0.2) is 0 Å². The molecule has 1 atom stereocenters. The van der Waals surface area contributed by atoms with Crippen LogP contribution in [0.1, 0.15) is 26.7 Å². The van der Waals surface area contributed by atoms with Gasteiger partial charge in [0.25, 0.3) is 0 Å². The molecule has 5 nitrogen and oxygen atoms in total. The molecule has 0 aliphatic carbocycles. The first kappa shape index (κ1) is 14.2. The molecule has 1 rings (SSSR count). The monoisotopic (exact) mass is 261 g/mol. The average Bonchev–Trinajstić information content (AvgIpc) is 2.42. The van der Waals surface area contributed by atoms with E-state index >= 15 is 0 Å². The van der Waals surface area contributed by atoms with Crippen molar-refractivity contribution < 1.29 is 18.0 Å². The lowest BCUT2D eigenvalue weighted by molar-refractivity contribution is -0.127. The highest BCUT2D eigenvalue weighted by Crippen LogP contribution is 2.16. The Balaban J connectivity index is 2.33. The second-order valence-electron chi connectivity index (χ2n) is 4.80. The fourth-order valence-electron chi connectivity index (χ4n) is 2.04. The number of hydrogen-bond acceptors (Lipinski definition) is 4. The van der Waals surface area contributed by atoms with Crippen LogP contribution in [-0.4, -0.2) is 49.6 Å². The van der Waals surface area contributed by atoms with Crippen LogP contribution in [0.2, 0.25) is 0 Å². The Labute approximate surface area is 102 Å². The maximum atomic E-state index is 11.4. The predicted octanol–water partition coefficient (Wildman–Crippen LogP) is 0.249. The van der Waals surface area contributed by atoms with E-state index in [9.17, 15) is 18.0 Å². The lowest BCUT2D eigenvalue weighted by Crippen LogP contribution is -2.28. The second-order valence-corrected chi connectivity index (χ2v) is 6.98. The first-order chi connectivity index (χ1) is 7.80. The van der Waals surface area contributed by atoms with Crippen LogP contribution < -0.4 is 0 Å². The number of amides is 1. The third-order valence-corrected chi connectivity index (χ3v) is 4.47. The second kappa shape index (κ2) is 5.62. The molecular weight excluding hydrogens is 242 g/mol. The van der Waals surface area contributed by atoms with E-state index in [0.717, 1.165) is 0 Å². The van der Waals surface area contributed by atoms with Gasteiger partial charge in [0, 0.05) is 19.5 Å². The van der Waals surface area contributed by atoms with Crippen molar-refractivity contribution in [3.05, 3.63) is 0 Å². The Bertz CT molecular complexity index is 402. The Morgan fingerprint density at radius 2 is 2.12 bits per heavy atom.